The van der Waals surface area contributed by atoms with Crippen LogP contribution in [-0.4, -0.2) is 22.0 Å². The number of aromatic carboxylic acids is 1. The van der Waals surface area contributed by atoms with Gasteiger partial charge in [0, 0.05) is 11.6 Å². The Bertz CT molecular complexity index is 493. The fourth-order valence-corrected chi connectivity index (χ4v) is 2.50. The summed E-state index contributed by atoms with van der Waals surface area (Å²) in [7, 11) is 0. The molecule has 19 heavy (non-hydrogen) atoms. The van der Waals surface area contributed by atoms with Crippen molar-refractivity contribution in [2.45, 2.75) is 39.0 Å². The molecule has 0 atom stereocenters. The van der Waals surface area contributed by atoms with E-state index in [-0.39, 0.29) is 17.3 Å². The molecule has 0 aromatic carbocycles. The van der Waals surface area contributed by atoms with Crippen molar-refractivity contribution in [1.29, 1.82) is 0 Å². The van der Waals surface area contributed by atoms with Crippen LogP contribution in [0.25, 0.3) is 0 Å². The Balaban J connectivity index is 2.17. The third-order valence-corrected chi connectivity index (χ3v) is 3.78. The number of nitrogens with one attached hydrogen (secondary N) is 1. The van der Waals surface area contributed by atoms with Gasteiger partial charge in [0.2, 0.25) is 5.91 Å². The predicted molar refractivity (Wildman–Crippen MR) is 71.0 cm³/mol. The minimum Gasteiger partial charge on any atom is -0.478 e. The molecule has 102 valence electrons. The van der Waals surface area contributed by atoms with Gasteiger partial charge in [-0.3, -0.25) is 4.79 Å². The zero-order valence-corrected chi connectivity index (χ0v) is 11.0. The molecule has 1 fully saturated rings. The molecule has 1 aliphatic carbocycles. The lowest BCUT2D eigenvalue weighted by Gasteiger charge is -2.31. The van der Waals surface area contributed by atoms with Gasteiger partial charge in [-0.2, -0.15) is 0 Å². The number of hydrogen-bond acceptors (Lipinski definition) is 3. The molecule has 0 bridgehead atoms. The SMILES string of the molecule is CC1(C(=O)Nc2ncccc2C(=O)O)CCCCC1. The number of amides is 1. The number of nitrogens with zero attached hydrogens (tertiary/aromatic N) is 1. The Morgan fingerprint density at radius 3 is 2.63 bits per heavy atom. The number of aromatic nitrogens is 1. The maximum atomic E-state index is 12.3. The normalized spacial score (nSPS) is 17.7. The average Bonchev–Trinajstić information content (AvgIpc) is 2.40. The second-order valence-electron chi connectivity index (χ2n) is 5.28. The Morgan fingerprint density at radius 2 is 2.00 bits per heavy atom. The zero-order valence-electron chi connectivity index (χ0n) is 11.0. The highest BCUT2D eigenvalue weighted by atomic mass is 16.4. The Kier molecular flexibility index (Phi) is 3.83. The molecule has 2 rings (SSSR count). The van der Waals surface area contributed by atoms with Crippen molar-refractivity contribution >= 4 is 17.7 Å². The molecule has 0 aliphatic heterocycles. The maximum absolute atomic E-state index is 12.3. The summed E-state index contributed by atoms with van der Waals surface area (Å²) in [5.41, 5.74) is -0.388. The van der Waals surface area contributed by atoms with Crippen LogP contribution in [0.4, 0.5) is 5.82 Å². The van der Waals surface area contributed by atoms with Gasteiger partial charge in [-0.05, 0) is 25.0 Å². The molecular formula is C14H18N2O3. The molecule has 2 N–H and O–H groups in total. The number of carbonyl (C=O) groups is 2. The van der Waals surface area contributed by atoms with Crippen LogP contribution >= 0.6 is 0 Å². The van der Waals surface area contributed by atoms with Crippen LogP contribution in [0.3, 0.4) is 0 Å². The van der Waals surface area contributed by atoms with Gasteiger partial charge in [-0.15, -0.1) is 0 Å². The fraction of sp³-hybridized carbons (Fsp3) is 0.500. The number of hydrogen-bond donors (Lipinski definition) is 2. The number of carboxylic acid groups (broad SMARTS) is 1. The van der Waals surface area contributed by atoms with Crippen LogP contribution in [0, 0.1) is 5.41 Å². The van der Waals surface area contributed by atoms with Crippen LogP contribution in [-0.2, 0) is 4.79 Å². The standard InChI is InChI=1S/C14H18N2O3/c1-14(7-3-2-4-8-14)13(19)16-11-10(12(17)18)6-5-9-15-11/h5-6,9H,2-4,7-8H2,1H3,(H,17,18)(H,15,16,19). The van der Waals surface area contributed by atoms with Gasteiger partial charge in [0.15, 0.2) is 0 Å². The summed E-state index contributed by atoms with van der Waals surface area (Å²) in [5.74, 6) is -1.09. The average molecular weight is 262 g/mol. The van der Waals surface area contributed by atoms with Crippen molar-refractivity contribution in [3.8, 4) is 0 Å². The molecule has 0 spiro atoms. The van der Waals surface area contributed by atoms with E-state index in [1.165, 1.54) is 12.3 Å². The minimum atomic E-state index is -1.09. The van der Waals surface area contributed by atoms with Crippen molar-refractivity contribution in [1.82, 2.24) is 4.98 Å². The summed E-state index contributed by atoms with van der Waals surface area (Å²) >= 11 is 0. The smallest absolute Gasteiger partial charge is 0.339 e. The molecular weight excluding hydrogens is 244 g/mol. The number of rotatable bonds is 3. The van der Waals surface area contributed by atoms with E-state index in [1.807, 2.05) is 6.92 Å². The van der Waals surface area contributed by atoms with Crippen molar-refractivity contribution in [2.24, 2.45) is 5.41 Å². The molecule has 5 nitrogen and oxygen atoms in total. The molecule has 1 aromatic heterocycles. The molecule has 1 aromatic rings. The van der Waals surface area contributed by atoms with Gasteiger partial charge in [-0.1, -0.05) is 26.2 Å². The van der Waals surface area contributed by atoms with Gasteiger partial charge in [0.1, 0.15) is 11.4 Å². The molecule has 5 heteroatoms. The van der Waals surface area contributed by atoms with E-state index in [0.29, 0.717) is 0 Å². The zero-order chi connectivity index (χ0) is 13.9. The monoisotopic (exact) mass is 262 g/mol. The Morgan fingerprint density at radius 1 is 1.32 bits per heavy atom. The van der Waals surface area contributed by atoms with E-state index in [9.17, 15) is 9.59 Å². The first-order valence-corrected chi connectivity index (χ1v) is 6.53. The van der Waals surface area contributed by atoms with E-state index in [4.69, 9.17) is 5.11 Å². The highest BCUT2D eigenvalue weighted by molar-refractivity contribution is 6.01. The minimum absolute atomic E-state index is 0.0234. The largest absolute Gasteiger partial charge is 0.478 e. The van der Waals surface area contributed by atoms with Crippen LogP contribution < -0.4 is 5.32 Å². The first-order valence-electron chi connectivity index (χ1n) is 6.53. The van der Waals surface area contributed by atoms with Crippen LogP contribution in [0.1, 0.15) is 49.4 Å². The highest BCUT2D eigenvalue weighted by Crippen LogP contribution is 2.36. The van der Waals surface area contributed by atoms with Crippen molar-refractivity contribution in [2.75, 3.05) is 5.32 Å². The van der Waals surface area contributed by atoms with E-state index < -0.39 is 11.4 Å². The number of pyridine rings is 1. The number of carbonyl (C=O) groups excluding carboxylic acids is 1. The van der Waals surface area contributed by atoms with E-state index in [0.717, 1.165) is 32.1 Å². The molecule has 0 radical (unpaired) electrons. The predicted octanol–water partition coefficient (Wildman–Crippen LogP) is 2.69. The summed E-state index contributed by atoms with van der Waals surface area (Å²) in [6.45, 7) is 1.94. The van der Waals surface area contributed by atoms with Crippen LogP contribution in [0.2, 0.25) is 0 Å². The molecule has 0 saturated heterocycles. The molecule has 0 unspecified atom stereocenters. The fourth-order valence-electron chi connectivity index (χ4n) is 2.50. The quantitative estimate of drug-likeness (QED) is 0.877. The van der Waals surface area contributed by atoms with Gasteiger partial charge >= 0.3 is 5.97 Å². The van der Waals surface area contributed by atoms with Crippen molar-refractivity contribution in [3.05, 3.63) is 23.9 Å². The van der Waals surface area contributed by atoms with Crippen molar-refractivity contribution in [3.63, 3.8) is 0 Å². The number of anilines is 1. The first kappa shape index (κ1) is 13.5. The second-order valence-corrected chi connectivity index (χ2v) is 5.28. The molecule has 1 amide bonds. The second kappa shape index (κ2) is 5.38. The summed E-state index contributed by atoms with van der Waals surface area (Å²) < 4.78 is 0. The molecule has 1 saturated carbocycles. The van der Waals surface area contributed by atoms with Crippen molar-refractivity contribution < 1.29 is 14.7 Å². The van der Waals surface area contributed by atoms with Crippen LogP contribution in [0.15, 0.2) is 18.3 Å². The van der Waals surface area contributed by atoms with Gasteiger partial charge < -0.3 is 10.4 Å². The Hall–Kier alpha value is -1.91. The Labute approximate surface area is 112 Å². The summed E-state index contributed by atoms with van der Waals surface area (Å²) in [6, 6.07) is 2.98. The first-order chi connectivity index (χ1) is 9.03. The molecule has 1 aliphatic rings. The summed E-state index contributed by atoms with van der Waals surface area (Å²) in [5, 5.41) is 11.7. The number of carboxylic acids is 1. The molecule has 1 heterocycles. The van der Waals surface area contributed by atoms with Crippen LogP contribution in [0.5, 0.6) is 0 Å². The van der Waals surface area contributed by atoms with Gasteiger partial charge in [-0.25, -0.2) is 9.78 Å². The van der Waals surface area contributed by atoms with E-state index >= 15 is 0 Å². The third kappa shape index (κ3) is 2.92. The van der Waals surface area contributed by atoms with Gasteiger partial charge in [0.05, 0.1) is 0 Å². The van der Waals surface area contributed by atoms with E-state index in [2.05, 4.69) is 10.3 Å². The highest BCUT2D eigenvalue weighted by Gasteiger charge is 2.35. The van der Waals surface area contributed by atoms with Gasteiger partial charge in [0.25, 0.3) is 0 Å². The van der Waals surface area contributed by atoms with E-state index in [1.54, 1.807) is 6.07 Å². The third-order valence-electron chi connectivity index (χ3n) is 3.78. The lowest BCUT2D eigenvalue weighted by molar-refractivity contribution is -0.126. The maximum Gasteiger partial charge on any atom is 0.339 e. The topological polar surface area (TPSA) is 79.3 Å². The lowest BCUT2D eigenvalue weighted by Crippen LogP contribution is -2.36. The summed E-state index contributed by atoms with van der Waals surface area (Å²) in [4.78, 5) is 27.3. The lowest BCUT2D eigenvalue weighted by atomic mass is 9.75. The summed E-state index contributed by atoms with van der Waals surface area (Å²) in [6.07, 6.45) is 6.40.